The van der Waals surface area contributed by atoms with Crippen LogP contribution in [0.1, 0.15) is 12.5 Å². The molecule has 0 bridgehead atoms. The van der Waals surface area contributed by atoms with Crippen LogP contribution >= 0.6 is 0 Å². The minimum absolute atomic E-state index is 0.0391. The van der Waals surface area contributed by atoms with Crippen molar-refractivity contribution in [3.63, 3.8) is 0 Å². The van der Waals surface area contributed by atoms with Crippen LogP contribution in [0.4, 0.5) is 27.6 Å². The summed E-state index contributed by atoms with van der Waals surface area (Å²) >= 11 is 0. The molecule has 2 atom stereocenters. The Kier molecular flexibility index (Phi) is 6.94. The van der Waals surface area contributed by atoms with Crippen LogP contribution in [-0.4, -0.2) is 48.1 Å². The smallest absolute Gasteiger partial charge is 0.384 e. The minimum atomic E-state index is -6.05. The molecule has 0 radical (unpaired) electrons. The number of carbonyl (C=O) groups is 1. The zero-order chi connectivity index (χ0) is 27.9. The first-order chi connectivity index (χ1) is 17.8. The molecule has 0 fully saturated rings. The van der Waals surface area contributed by atoms with Crippen molar-refractivity contribution in [3.05, 3.63) is 84.0 Å². The summed E-state index contributed by atoms with van der Waals surface area (Å²) in [6.45, 7) is 1.30. The van der Waals surface area contributed by atoms with Gasteiger partial charge in [-0.3, -0.25) is 10.2 Å². The van der Waals surface area contributed by atoms with E-state index in [2.05, 4.69) is 15.6 Å². The zero-order valence-electron chi connectivity index (χ0n) is 19.2. The number of carbonyl (C=O) groups excluding carboxylic acids is 1. The van der Waals surface area contributed by atoms with Crippen molar-refractivity contribution in [2.45, 2.75) is 24.2 Å². The SMILES string of the molecule is CC1=NN(c2ccc(F)c(F)c2)C(=O)C1=NNC1(NS(=O)(=O)C(F)(F)F)C=CC=C(c2ccccc2)C1O. The summed E-state index contributed by atoms with van der Waals surface area (Å²) in [5.41, 5.74) is -6.52. The van der Waals surface area contributed by atoms with Gasteiger partial charge in [0.15, 0.2) is 23.0 Å². The summed E-state index contributed by atoms with van der Waals surface area (Å²) in [7, 11) is -6.05. The van der Waals surface area contributed by atoms with Crippen molar-refractivity contribution in [2.75, 3.05) is 5.01 Å². The van der Waals surface area contributed by atoms with E-state index in [-0.39, 0.29) is 17.0 Å². The van der Waals surface area contributed by atoms with Gasteiger partial charge in [-0.25, -0.2) is 17.2 Å². The molecular formula is C23H18F5N5O4S. The fourth-order valence-corrected chi connectivity index (χ4v) is 4.46. The molecule has 2 aliphatic rings. The third kappa shape index (κ3) is 4.94. The number of benzene rings is 2. The Bertz CT molecular complexity index is 1510. The first-order valence-corrected chi connectivity index (χ1v) is 12.2. The summed E-state index contributed by atoms with van der Waals surface area (Å²) < 4.78 is 92.4. The Morgan fingerprint density at radius 2 is 1.79 bits per heavy atom. The summed E-state index contributed by atoms with van der Waals surface area (Å²) in [4.78, 5) is 12.9. The number of halogens is 5. The Morgan fingerprint density at radius 1 is 1.11 bits per heavy atom. The lowest BCUT2D eigenvalue weighted by Crippen LogP contribution is -2.65. The molecule has 4 rings (SSSR count). The lowest BCUT2D eigenvalue weighted by atomic mass is 9.87. The third-order valence-corrected chi connectivity index (χ3v) is 6.78. The van der Waals surface area contributed by atoms with Gasteiger partial charge in [-0.2, -0.15) is 33.1 Å². The molecule has 2 aromatic carbocycles. The minimum Gasteiger partial charge on any atom is -0.384 e. The second-order valence-corrected chi connectivity index (χ2v) is 9.82. The van der Waals surface area contributed by atoms with Crippen LogP contribution in [-0.2, 0) is 14.8 Å². The Labute approximate surface area is 212 Å². The van der Waals surface area contributed by atoms with Gasteiger partial charge in [-0.05, 0) is 36.3 Å². The van der Waals surface area contributed by atoms with E-state index in [1.165, 1.54) is 23.8 Å². The van der Waals surface area contributed by atoms with Crippen LogP contribution in [0.5, 0.6) is 0 Å². The van der Waals surface area contributed by atoms with Gasteiger partial charge >= 0.3 is 21.4 Å². The van der Waals surface area contributed by atoms with Gasteiger partial charge in [-0.15, -0.1) is 0 Å². The number of aliphatic hydroxyl groups excluding tert-OH is 1. The predicted molar refractivity (Wildman–Crippen MR) is 128 cm³/mol. The number of hydrogen-bond acceptors (Lipinski definition) is 7. The van der Waals surface area contributed by atoms with E-state index >= 15 is 0 Å². The van der Waals surface area contributed by atoms with Crippen molar-refractivity contribution in [1.82, 2.24) is 10.1 Å². The molecule has 0 saturated heterocycles. The highest BCUT2D eigenvalue weighted by atomic mass is 32.2. The summed E-state index contributed by atoms with van der Waals surface area (Å²) in [5, 5.41) is 19.5. The Morgan fingerprint density at radius 3 is 2.42 bits per heavy atom. The van der Waals surface area contributed by atoms with Crippen molar-refractivity contribution in [2.24, 2.45) is 10.2 Å². The molecule has 1 amide bonds. The number of aliphatic hydroxyl groups is 1. The van der Waals surface area contributed by atoms with E-state index in [1.54, 1.807) is 30.3 Å². The van der Waals surface area contributed by atoms with Gasteiger partial charge in [0, 0.05) is 6.07 Å². The third-order valence-electron chi connectivity index (χ3n) is 5.56. The Hall–Kier alpha value is -3.95. The molecular weight excluding hydrogens is 537 g/mol. The fraction of sp³-hybridized carbons (Fsp3) is 0.174. The first kappa shape index (κ1) is 27.1. The van der Waals surface area contributed by atoms with E-state index in [0.717, 1.165) is 18.2 Å². The number of amides is 1. The van der Waals surface area contributed by atoms with Gasteiger partial charge < -0.3 is 5.11 Å². The second-order valence-electron chi connectivity index (χ2n) is 8.14. The van der Waals surface area contributed by atoms with Crippen LogP contribution < -0.4 is 15.2 Å². The van der Waals surface area contributed by atoms with E-state index < -0.39 is 50.6 Å². The largest absolute Gasteiger partial charge is 0.511 e. The number of alkyl halides is 3. The van der Waals surface area contributed by atoms with Gasteiger partial charge in [0.25, 0.3) is 0 Å². The maximum atomic E-state index is 13.7. The normalized spacial score (nSPS) is 23.0. The molecule has 1 aliphatic carbocycles. The first-order valence-electron chi connectivity index (χ1n) is 10.7. The van der Waals surface area contributed by atoms with Crippen LogP contribution in [0.15, 0.2) is 77.0 Å². The maximum absolute atomic E-state index is 13.7. The molecule has 200 valence electrons. The second kappa shape index (κ2) is 9.74. The fourth-order valence-electron chi connectivity index (χ4n) is 3.67. The molecule has 3 N–H and O–H groups in total. The summed E-state index contributed by atoms with van der Waals surface area (Å²) in [5.74, 6) is -3.42. The molecule has 2 aromatic rings. The number of hydrogen-bond donors (Lipinski definition) is 3. The molecule has 0 spiro atoms. The van der Waals surface area contributed by atoms with Crippen molar-refractivity contribution in [1.29, 1.82) is 0 Å². The molecule has 0 aromatic heterocycles. The van der Waals surface area contributed by atoms with Gasteiger partial charge in [0.05, 0.1) is 11.4 Å². The predicted octanol–water partition coefficient (Wildman–Crippen LogP) is 2.78. The number of hydrazone groups is 2. The number of rotatable bonds is 6. The van der Waals surface area contributed by atoms with Gasteiger partial charge in [-0.1, -0.05) is 42.5 Å². The monoisotopic (exact) mass is 555 g/mol. The molecule has 38 heavy (non-hydrogen) atoms. The number of anilines is 1. The van der Waals surface area contributed by atoms with Crippen molar-refractivity contribution in [3.8, 4) is 0 Å². The molecule has 15 heteroatoms. The average Bonchev–Trinajstić information content (AvgIpc) is 3.14. The van der Waals surface area contributed by atoms with Crippen LogP contribution in [0.25, 0.3) is 5.57 Å². The lowest BCUT2D eigenvalue weighted by Gasteiger charge is -2.38. The molecule has 0 saturated carbocycles. The molecule has 1 heterocycles. The highest BCUT2D eigenvalue weighted by molar-refractivity contribution is 7.90. The molecule has 9 nitrogen and oxygen atoms in total. The summed E-state index contributed by atoms with van der Waals surface area (Å²) in [6, 6.07) is 10.5. The van der Waals surface area contributed by atoms with E-state index in [1.807, 2.05) is 0 Å². The average molecular weight is 555 g/mol. The van der Waals surface area contributed by atoms with Gasteiger partial charge in [0.1, 0.15) is 6.10 Å². The van der Waals surface area contributed by atoms with E-state index in [0.29, 0.717) is 16.6 Å². The zero-order valence-corrected chi connectivity index (χ0v) is 20.1. The van der Waals surface area contributed by atoms with E-state index in [4.69, 9.17) is 0 Å². The van der Waals surface area contributed by atoms with Crippen LogP contribution in [0.2, 0.25) is 0 Å². The lowest BCUT2D eigenvalue weighted by molar-refractivity contribution is -0.112. The Balaban J connectivity index is 1.72. The van der Waals surface area contributed by atoms with E-state index in [9.17, 15) is 40.3 Å². The summed E-state index contributed by atoms with van der Waals surface area (Å²) in [6.07, 6.45) is 1.50. The van der Waals surface area contributed by atoms with Crippen LogP contribution in [0.3, 0.4) is 0 Å². The van der Waals surface area contributed by atoms with Gasteiger partial charge in [0.2, 0.25) is 0 Å². The standard InChI is InChI=1S/C23H18F5N5O4S/c1-13-19(21(35)33(30-13)15-9-10-17(24)18(25)12-15)29-31-22(32-38(36,37)23(26,27)28)11-5-8-16(20(22)34)14-6-3-2-4-7-14/h2-12,20,31-32,34H,1H3. The number of nitrogens with one attached hydrogen (secondary N) is 2. The number of allylic oxidation sites excluding steroid dienone is 2. The van der Waals surface area contributed by atoms with Crippen molar-refractivity contribution < 1.29 is 40.3 Å². The number of nitrogens with zero attached hydrogens (tertiary/aromatic N) is 3. The molecule has 1 aliphatic heterocycles. The molecule has 2 unspecified atom stereocenters. The highest BCUT2D eigenvalue weighted by Crippen LogP contribution is 2.33. The number of sulfonamides is 1. The quantitative estimate of drug-likeness (QED) is 0.288. The topological polar surface area (TPSA) is 123 Å². The highest BCUT2D eigenvalue weighted by Gasteiger charge is 2.53. The maximum Gasteiger partial charge on any atom is 0.511 e. The van der Waals surface area contributed by atoms with Crippen molar-refractivity contribution >= 4 is 38.6 Å². The van der Waals surface area contributed by atoms with Crippen LogP contribution in [0, 0.1) is 11.6 Å².